The van der Waals surface area contributed by atoms with E-state index in [2.05, 4.69) is 26.1 Å². The highest BCUT2D eigenvalue weighted by Crippen LogP contribution is 2.25. The molecular formula is C16H16BrClN4O. The van der Waals surface area contributed by atoms with Crippen LogP contribution in [0.25, 0.3) is 0 Å². The molecule has 120 valence electrons. The Labute approximate surface area is 148 Å². The topological polar surface area (TPSA) is 86.0 Å². The minimum absolute atomic E-state index is 0.0945. The average molecular weight is 396 g/mol. The van der Waals surface area contributed by atoms with E-state index in [4.69, 9.17) is 27.8 Å². The summed E-state index contributed by atoms with van der Waals surface area (Å²) in [5.74, 6) is 0.596. The van der Waals surface area contributed by atoms with Gasteiger partial charge in [0.2, 0.25) is 5.96 Å². The number of guanidine groups is 1. The molecule has 0 radical (unpaired) electrons. The number of nitrogens with zero attached hydrogens (tertiary/aromatic N) is 2. The zero-order chi connectivity index (χ0) is 16.8. The molecule has 2 aromatic rings. The normalized spacial score (nSPS) is 11.2. The zero-order valence-electron chi connectivity index (χ0n) is 12.5. The second-order valence-electron chi connectivity index (χ2n) is 4.77. The Bertz CT molecular complexity index is 740. The van der Waals surface area contributed by atoms with Crippen LogP contribution in [0.5, 0.6) is 5.75 Å². The molecule has 0 aromatic heterocycles. The molecule has 5 nitrogen and oxygen atoms in total. The second kappa shape index (κ2) is 7.99. The summed E-state index contributed by atoms with van der Waals surface area (Å²) in [5.41, 5.74) is 13.1. The zero-order valence-corrected chi connectivity index (χ0v) is 14.8. The van der Waals surface area contributed by atoms with Gasteiger partial charge in [0.15, 0.2) is 0 Å². The van der Waals surface area contributed by atoms with Crippen molar-refractivity contribution >= 4 is 39.2 Å². The van der Waals surface area contributed by atoms with Crippen LogP contribution in [-0.2, 0) is 6.61 Å². The van der Waals surface area contributed by atoms with Gasteiger partial charge in [-0.15, -0.1) is 5.10 Å². The number of rotatable bonds is 5. The Morgan fingerprint density at radius 1 is 1.13 bits per heavy atom. The van der Waals surface area contributed by atoms with Crippen LogP contribution in [0.1, 0.15) is 18.1 Å². The summed E-state index contributed by atoms with van der Waals surface area (Å²) in [5, 5.41) is 8.37. The first-order valence-electron chi connectivity index (χ1n) is 6.76. The fraction of sp³-hybridized carbons (Fsp3) is 0.125. The van der Waals surface area contributed by atoms with Gasteiger partial charge in [0, 0.05) is 15.1 Å². The van der Waals surface area contributed by atoms with Crippen LogP contribution in [0.2, 0.25) is 5.02 Å². The van der Waals surface area contributed by atoms with E-state index >= 15 is 0 Å². The van der Waals surface area contributed by atoms with Crippen molar-refractivity contribution in [1.29, 1.82) is 0 Å². The van der Waals surface area contributed by atoms with Crippen LogP contribution in [-0.4, -0.2) is 11.7 Å². The maximum Gasteiger partial charge on any atom is 0.211 e. The summed E-state index contributed by atoms with van der Waals surface area (Å²) in [4.78, 5) is 0. The lowest BCUT2D eigenvalue weighted by Crippen LogP contribution is -2.22. The standard InChI is InChI=1S/C16H16BrClN4O/c1-10(21-22-16(19)20)14-8-12(17)4-7-15(14)23-9-11-2-5-13(18)6-3-11/h2-8H,9H2,1H3,(H4,19,20,22)/b21-10+. The molecule has 2 rings (SSSR count). The van der Waals surface area contributed by atoms with Gasteiger partial charge in [-0.05, 0) is 42.8 Å². The van der Waals surface area contributed by atoms with Gasteiger partial charge < -0.3 is 16.2 Å². The van der Waals surface area contributed by atoms with Gasteiger partial charge in [-0.3, -0.25) is 0 Å². The van der Waals surface area contributed by atoms with Crippen molar-refractivity contribution < 1.29 is 4.74 Å². The van der Waals surface area contributed by atoms with Gasteiger partial charge in [0.25, 0.3) is 0 Å². The molecule has 0 atom stereocenters. The Kier molecular flexibility index (Phi) is 6.01. The second-order valence-corrected chi connectivity index (χ2v) is 6.12. The maximum absolute atomic E-state index is 5.89. The summed E-state index contributed by atoms with van der Waals surface area (Å²) in [6, 6.07) is 13.2. The van der Waals surface area contributed by atoms with Gasteiger partial charge in [0.1, 0.15) is 12.4 Å². The van der Waals surface area contributed by atoms with Crippen LogP contribution < -0.4 is 16.2 Å². The third-order valence-electron chi connectivity index (χ3n) is 2.95. The quantitative estimate of drug-likeness (QED) is 0.460. The van der Waals surface area contributed by atoms with Crippen LogP contribution >= 0.6 is 27.5 Å². The first kappa shape index (κ1) is 17.3. The Balaban J connectivity index is 2.23. The van der Waals surface area contributed by atoms with E-state index in [9.17, 15) is 0 Å². The molecule has 23 heavy (non-hydrogen) atoms. The lowest BCUT2D eigenvalue weighted by molar-refractivity contribution is 0.305. The highest BCUT2D eigenvalue weighted by Gasteiger charge is 2.09. The van der Waals surface area contributed by atoms with Gasteiger partial charge in [-0.2, -0.15) is 5.10 Å². The first-order valence-corrected chi connectivity index (χ1v) is 7.93. The maximum atomic E-state index is 5.89. The van der Waals surface area contributed by atoms with Gasteiger partial charge in [0.05, 0.1) is 5.71 Å². The largest absolute Gasteiger partial charge is 0.488 e. The van der Waals surface area contributed by atoms with E-state index in [0.29, 0.717) is 23.1 Å². The molecule has 0 fully saturated rings. The Morgan fingerprint density at radius 3 is 2.48 bits per heavy atom. The van der Waals surface area contributed by atoms with Crippen molar-refractivity contribution in [3.63, 3.8) is 0 Å². The van der Waals surface area contributed by atoms with Crippen LogP contribution in [0.3, 0.4) is 0 Å². The Hall–Kier alpha value is -2.05. The molecular weight excluding hydrogens is 380 g/mol. The van der Waals surface area contributed by atoms with Crippen LogP contribution in [0.15, 0.2) is 57.1 Å². The van der Waals surface area contributed by atoms with E-state index in [0.717, 1.165) is 15.6 Å². The molecule has 0 aliphatic rings. The van der Waals surface area contributed by atoms with Crippen molar-refractivity contribution in [1.82, 2.24) is 0 Å². The van der Waals surface area contributed by atoms with Crippen LogP contribution in [0, 0.1) is 0 Å². The third-order valence-corrected chi connectivity index (χ3v) is 3.70. The molecule has 0 heterocycles. The fourth-order valence-electron chi connectivity index (χ4n) is 1.84. The summed E-state index contributed by atoms with van der Waals surface area (Å²) in [6.45, 7) is 2.23. The number of nitrogens with two attached hydrogens (primary N) is 2. The number of hydrogen-bond donors (Lipinski definition) is 2. The predicted molar refractivity (Wildman–Crippen MR) is 97.9 cm³/mol. The Morgan fingerprint density at radius 2 is 1.83 bits per heavy atom. The van der Waals surface area contributed by atoms with E-state index in [1.807, 2.05) is 49.4 Å². The van der Waals surface area contributed by atoms with E-state index < -0.39 is 0 Å². The molecule has 4 N–H and O–H groups in total. The summed E-state index contributed by atoms with van der Waals surface area (Å²) in [6.07, 6.45) is 0. The summed E-state index contributed by atoms with van der Waals surface area (Å²) >= 11 is 9.32. The lowest BCUT2D eigenvalue weighted by Gasteiger charge is -2.12. The van der Waals surface area contributed by atoms with Crippen molar-refractivity contribution in [2.75, 3.05) is 0 Å². The smallest absolute Gasteiger partial charge is 0.211 e. The van der Waals surface area contributed by atoms with Crippen molar-refractivity contribution in [2.24, 2.45) is 21.7 Å². The van der Waals surface area contributed by atoms with Crippen molar-refractivity contribution in [2.45, 2.75) is 13.5 Å². The molecule has 0 bridgehead atoms. The molecule has 7 heteroatoms. The number of halogens is 2. The molecule has 2 aromatic carbocycles. The minimum Gasteiger partial charge on any atom is -0.488 e. The van der Waals surface area contributed by atoms with E-state index in [-0.39, 0.29) is 5.96 Å². The number of hydrogen-bond acceptors (Lipinski definition) is 3. The summed E-state index contributed by atoms with van der Waals surface area (Å²) < 4.78 is 6.80. The molecule has 0 aliphatic heterocycles. The number of ether oxygens (including phenoxy) is 1. The molecule has 0 saturated carbocycles. The highest BCUT2D eigenvalue weighted by atomic mass is 79.9. The third kappa shape index (κ3) is 5.26. The molecule has 0 aliphatic carbocycles. The average Bonchev–Trinajstić information content (AvgIpc) is 2.53. The molecule has 0 spiro atoms. The lowest BCUT2D eigenvalue weighted by atomic mass is 10.1. The van der Waals surface area contributed by atoms with E-state index in [1.165, 1.54) is 0 Å². The first-order chi connectivity index (χ1) is 11.0. The monoisotopic (exact) mass is 394 g/mol. The van der Waals surface area contributed by atoms with E-state index in [1.54, 1.807) is 0 Å². The van der Waals surface area contributed by atoms with Crippen LogP contribution in [0.4, 0.5) is 0 Å². The number of benzene rings is 2. The fourth-order valence-corrected chi connectivity index (χ4v) is 2.33. The SMILES string of the molecule is C/C(=N\N=C(N)N)c1cc(Br)ccc1OCc1ccc(Cl)cc1. The van der Waals surface area contributed by atoms with Gasteiger partial charge >= 0.3 is 0 Å². The van der Waals surface area contributed by atoms with Gasteiger partial charge in [-0.1, -0.05) is 39.7 Å². The minimum atomic E-state index is -0.0945. The predicted octanol–water partition coefficient (Wildman–Crippen LogP) is 3.68. The van der Waals surface area contributed by atoms with Gasteiger partial charge in [-0.25, -0.2) is 0 Å². The van der Waals surface area contributed by atoms with Crippen molar-refractivity contribution in [3.05, 3.63) is 63.1 Å². The molecule has 0 amide bonds. The van der Waals surface area contributed by atoms with Crippen molar-refractivity contribution in [3.8, 4) is 5.75 Å². The molecule has 0 saturated heterocycles. The molecule has 0 unspecified atom stereocenters. The summed E-state index contributed by atoms with van der Waals surface area (Å²) in [7, 11) is 0. The highest BCUT2D eigenvalue weighted by molar-refractivity contribution is 9.10.